The van der Waals surface area contributed by atoms with E-state index in [1.165, 1.54) is 16.7 Å². The summed E-state index contributed by atoms with van der Waals surface area (Å²) in [5, 5.41) is 0. The van der Waals surface area contributed by atoms with E-state index in [1.54, 1.807) is 0 Å². The van der Waals surface area contributed by atoms with Gasteiger partial charge in [0.1, 0.15) is 0 Å². The Morgan fingerprint density at radius 3 is 2.33 bits per heavy atom. The molecular weight excluding hydrogens is 252 g/mol. The van der Waals surface area contributed by atoms with Gasteiger partial charge in [-0.1, -0.05) is 79.9 Å². The molecule has 1 aromatic rings. The Kier molecular flexibility index (Phi) is 4.94. The van der Waals surface area contributed by atoms with E-state index in [9.17, 15) is 0 Å². The molecule has 0 spiro atoms. The predicted molar refractivity (Wildman–Crippen MR) is 93.3 cm³/mol. The normalized spacial score (nSPS) is 21.1. The first-order valence-electron chi connectivity index (χ1n) is 7.31. The third kappa shape index (κ3) is 2.90. The third-order valence-corrected chi connectivity index (χ3v) is 3.76. The molecule has 21 heavy (non-hydrogen) atoms. The summed E-state index contributed by atoms with van der Waals surface area (Å²) < 4.78 is 0. The Morgan fingerprint density at radius 1 is 1.05 bits per heavy atom. The number of rotatable bonds is 4. The van der Waals surface area contributed by atoms with E-state index >= 15 is 0 Å². The van der Waals surface area contributed by atoms with E-state index in [1.807, 2.05) is 26.0 Å². The summed E-state index contributed by atoms with van der Waals surface area (Å²) in [6.07, 6.45) is 12.5. The van der Waals surface area contributed by atoms with Crippen LogP contribution in [0.4, 0.5) is 0 Å². The molecule has 1 aliphatic carbocycles. The molecule has 0 amide bonds. The van der Waals surface area contributed by atoms with Gasteiger partial charge in [0.2, 0.25) is 0 Å². The highest BCUT2D eigenvalue weighted by Gasteiger charge is 2.30. The summed E-state index contributed by atoms with van der Waals surface area (Å²) in [5.74, 6) is 0.235. The van der Waals surface area contributed by atoms with Crippen LogP contribution < -0.4 is 0 Å². The molecule has 1 aromatic carbocycles. The van der Waals surface area contributed by atoms with E-state index in [0.717, 1.165) is 11.1 Å². The van der Waals surface area contributed by atoms with Gasteiger partial charge in [-0.05, 0) is 41.7 Å². The van der Waals surface area contributed by atoms with Crippen molar-refractivity contribution in [1.29, 1.82) is 0 Å². The van der Waals surface area contributed by atoms with Crippen molar-refractivity contribution < 1.29 is 0 Å². The molecule has 0 aliphatic heterocycles. The van der Waals surface area contributed by atoms with Crippen molar-refractivity contribution in [3.8, 4) is 0 Å². The predicted octanol–water partition coefficient (Wildman–Crippen LogP) is 5.90. The van der Waals surface area contributed by atoms with Gasteiger partial charge in [-0.15, -0.1) is 0 Å². The smallest absolute Gasteiger partial charge is 0.0351 e. The zero-order valence-corrected chi connectivity index (χ0v) is 12.8. The van der Waals surface area contributed by atoms with Crippen molar-refractivity contribution >= 4 is 0 Å². The Bertz CT molecular complexity index is 649. The quantitative estimate of drug-likeness (QED) is 0.641. The van der Waals surface area contributed by atoms with Crippen molar-refractivity contribution in [1.82, 2.24) is 0 Å². The van der Waals surface area contributed by atoms with Crippen LogP contribution in [0, 0.1) is 0 Å². The average molecular weight is 274 g/mol. The summed E-state index contributed by atoms with van der Waals surface area (Å²) >= 11 is 0. The molecular formula is C21H22. The minimum absolute atomic E-state index is 0.235. The topological polar surface area (TPSA) is 0 Å². The maximum absolute atomic E-state index is 4.28. The van der Waals surface area contributed by atoms with Gasteiger partial charge < -0.3 is 0 Å². The molecule has 0 aromatic heterocycles. The highest BCUT2D eigenvalue weighted by molar-refractivity contribution is 5.69. The molecule has 1 unspecified atom stereocenters. The minimum Gasteiger partial charge on any atom is -0.0984 e. The average Bonchev–Trinajstić information content (AvgIpc) is 2.78. The molecule has 2 rings (SSSR count). The first-order chi connectivity index (χ1) is 10.2. The van der Waals surface area contributed by atoms with Crippen LogP contribution in [0.3, 0.4) is 0 Å². The first kappa shape index (κ1) is 15.1. The summed E-state index contributed by atoms with van der Waals surface area (Å²) in [7, 11) is 0. The first-order valence-corrected chi connectivity index (χ1v) is 7.31. The standard InChI is InChI=1S/C21H22/c1-5-8-15-19-16(4)18(7-3)20(12-6-2)21(19)17-13-10-9-11-14-17/h5-15,21H,3-4H2,1-2H3/b8-5-,12-6-,19-15+. The van der Waals surface area contributed by atoms with Crippen molar-refractivity contribution in [2.24, 2.45) is 0 Å². The second-order valence-corrected chi connectivity index (χ2v) is 5.04. The maximum Gasteiger partial charge on any atom is 0.0351 e. The molecule has 1 atom stereocenters. The molecule has 0 nitrogen and oxygen atoms in total. The van der Waals surface area contributed by atoms with E-state index in [2.05, 4.69) is 67.8 Å². The zero-order valence-electron chi connectivity index (χ0n) is 12.8. The Labute approximate surface area is 128 Å². The SMILES string of the molecule is C=CC1=C(/C=C\C)C(c2ccccc2)/C(=C/C=C\C)C1=C. The van der Waals surface area contributed by atoms with E-state index in [0.29, 0.717) is 0 Å². The second kappa shape index (κ2) is 6.90. The van der Waals surface area contributed by atoms with Crippen molar-refractivity contribution in [2.75, 3.05) is 0 Å². The molecule has 0 saturated carbocycles. The Hall–Kier alpha value is -2.34. The van der Waals surface area contributed by atoms with Crippen LogP contribution in [0.1, 0.15) is 25.3 Å². The molecule has 0 fully saturated rings. The Morgan fingerprint density at radius 2 is 1.76 bits per heavy atom. The number of allylic oxidation sites excluding steroid dienone is 10. The van der Waals surface area contributed by atoms with Crippen molar-refractivity contribution in [3.05, 3.63) is 108 Å². The highest BCUT2D eigenvalue weighted by atomic mass is 14.3. The lowest BCUT2D eigenvalue weighted by Crippen LogP contribution is -2.00. The largest absolute Gasteiger partial charge is 0.0984 e. The fraction of sp³-hybridized carbons (Fsp3) is 0.143. The van der Waals surface area contributed by atoms with Crippen LogP contribution in [0.2, 0.25) is 0 Å². The van der Waals surface area contributed by atoms with E-state index in [4.69, 9.17) is 0 Å². The van der Waals surface area contributed by atoms with Crippen LogP contribution in [0.5, 0.6) is 0 Å². The fourth-order valence-corrected chi connectivity index (χ4v) is 2.83. The Balaban J connectivity index is 2.65. The third-order valence-electron chi connectivity index (χ3n) is 3.76. The van der Waals surface area contributed by atoms with Crippen LogP contribution in [-0.4, -0.2) is 0 Å². The van der Waals surface area contributed by atoms with Gasteiger partial charge in [-0.2, -0.15) is 0 Å². The zero-order chi connectivity index (χ0) is 15.2. The second-order valence-electron chi connectivity index (χ2n) is 5.04. The summed E-state index contributed by atoms with van der Waals surface area (Å²) in [4.78, 5) is 0. The van der Waals surface area contributed by atoms with E-state index in [-0.39, 0.29) is 5.92 Å². The summed E-state index contributed by atoms with van der Waals surface area (Å²) in [5.41, 5.74) is 6.05. The maximum atomic E-state index is 4.28. The number of hydrogen-bond donors (Lipinski definition) is 0. The fourth-order valence-electron chi connectivity index (χ4n) is 2.83. The van der Waals surface area contributed by atoms with Gasteiger partial charge >= 0.3 is 0 Å². The lowest BCUT2D eigenvalue weighted by molar-refractivity contribution is 1.00. The molecule has 0 bridgehead atoms. The molecule has 0 heterocycles. The highest BCUT2D eigenvalue weighted by Crippen LogP contribution is 2.47. The van der Waals surface area contributed by atoms with Crippen LogP contribution in [0.25, 0.3) is 0 Å². The van der Waals surface area contributed by atoms with Gasteiger partial charge in [0.05, 0.1) is 0 Å². The molecule has 0 saturated heterocycles. The molecule has 0 N–H and O–H groups in total. The molecule has 106 valence electrons. The lowest BCUT2D eigenvalue weighted by atomic mass is 9.87. The number of hydrogen-bond acceptors (Lipinski definition) is 0. The minimum atomic E-state index is 0.235. The molecule has 0 radical (unpaired) electrons. The lowest BCUT2D eigenvalue weighted by Gasteiger charge is -2.15. The summed E-state index contributed by atoms with van der Waals surface area (Å²) in [6, 6.07) is 10.6. The van der Waals surface area contributed by atoms with Crippen LogP contribution in [-0.2, 0) is 0 Å². The van der Waals surface area contributed by atoms with Crippen molar-refractivity contribution in [3.63, 3.8) is 0 Å². The van der Waals surface area contributed by atoms with Crippen molar-refractivity contribution in [2.45, 2.75) is 19.8 Å². The van der Waals surface area contributed by atoms with Gasteiger partial charge in [0, 0.05) is 5.92 Å². The summed E-state index contributed by atoms with van der Waals surface area (Å²) in [6.45, 7) is 12.3. The van der Waals surface area contributed by atoms with Gasteiger partial charge in [-0.3, -0.25) is 0 Å². The number of benzene rings is 1. The molecule has 1 aliphatic rings. The van der Waals surface area contributed by atoms with Gasteiger partial charge in [0.15, 0.2) is 0 Å². The van der Waals surface area contributed by atoms with Crippen LogP contribution in [0.15, 0.2) is 102 Å². The molecule has 0 heteroatoms. The van der Waals surface area contributed by atoms with Crippen LogP contribution >= 0.6 is 0 Å². The van der Waals surface area contributed by atoms with E-state index < -0.39 is 0 Å². The monoisotopic (exact) mass is 274 g/mol. The van der Waals surface area contributed by atoms with Gasteiger partial charge in [0.25, 0.3) is 0 Å². The van der Waals surface area contributed by atoms with Gasteiger partial charge in [-0.25, -0.2) is 0 Å².